The van der Waals surface area contributed by atoms with Crippen LogP contribution in [-0.2, 0) is 0 Å². The Morgan fingerprint density at radius 1 is 0.405 bits per heavy atom. The van der Waals surface area contributed by atoms with Crippen molar-refractivity contribution >= 4 is 59.3 Å². The summed E-state index contributed by atoms with van der Waals surface area (Å²) in [5.41, 5.74) is 8.35. The fourth-order valence-electron chi connectivity index (χ4n) is 6.06. The van der Waals surface area contributed by atoms with Crippen LogP contribution in [0.1, 0.15) is 0 Å². The van der Waals surface area contributed by atoms with Crippen molar-refractivity contribution in [3.63, 3.8) is 0 Å². The van der Waals surface area contributed by atoms with Gasteiger partial charge in [-0.15, -0.1) is 11.3 Å². The van der Waals surface area contributed by atoms with E-state index >= 15 is 0 Å². The molecule has 0 saturated carbocycles. The van der Waals surface area contributed by atoms with Crippen LogP contribution in [0.3, 0.4) is 0 Å². The monoisotopic (exact) mass is 553 g/mol. The molecule has 0 atom stereocenters. The highest BCUT2D eigenvalue weighted by molar-refractivity contribution is 7.26. The van der Waals surface area contributed by atoms with Gasteiger partial charge in [-0.2, -0.15) is 0 Å². The van der Waals surface area contributed by atoms with Crippen LogP contribution in [0.4, 0.5) is 17.1 Å². The lowest BCUT2D eigenvalue weighted by molar-refractivity contribution is 1.30. The number of rotatable bonds is 5. The molecular weight excluding hydrogens is 527 g/mol. The molecule has 42 heavy (non-hydrogen) atoms. The Kier molecular flexibility index (Phi) is 6.05. The predicted molar refractivity (Wildman–Crippen MR) is 182 cm³/mol. The zero-order chi connectivity index (χ0) is 27.9. The molecule has 0 N–H and O–H groups in total. The summed E-state index contributed by atoms with van der Waals surface area (Å²) < 4.78 is 2.60. The first-order chi connectivity index (χ1) is 20.8. The van der Waals surface area contributed by atoms with Gasteiger partial charge in [-0.1, -0.05) is 127 Å². The number of nitrogens with zero attached hydrogens (tertiary/aromatic N) is 1. The molecule has 1 nitrogen and oxygen atoms in total. The summed E-state index contributed by atoms with van der Waals surface area (Å²) in [5, 5.41) is 5.12. The summed E-state index contributed by atoms with van der Waals surface area (Å²) in [6, 6.07) is 59.1. The van der Waals surface area contributed by atoms with Crippen molar-refractivity contribution in [3.05, 3.63) is 164 Å². The number of fused-ring (bicyclic) bond motifs is 4. The first-order valence-electron chi connectivity index (χ1n) is 14.3. The van der Waals surface area contributed by atoms with Gasteiger partial charge in [-0.3, -0.25) is 0 Å². The number of benzene rings is 7. The Bertz CT molecular complexity index is 2190. The zero-order valence-electron chi connectivity index (χ0n) is 22.9. The molecule has 7 aromatic carbocycles. The molecule has 0 bridgehead atoms. The topological polar surface area (TPSA) is 3.24 Å². The van der Waals surface area contributed by atoms with Gasteiger partial charge in [0, 0.05) is 26.8 Å². The minimum atomic E-state index is 1.13. The van der Waals surface area contributed by atoms with E-state index < -0.39 is 0 Å². The van der Waals surface area contributed by atoms with Crippen LogP contribution < -0.4 is 4.90 Å². The molecule has 0 saturated heterocycles. The van der Waals surface area contributed by atoms with Gasteiger partial charge in [0.15, 0.2) is 0 Å². The number of hydrogen-bond acceptors (Lipinski definition) is 2. The molecule has 0 aliphatic rings. The maximum atomic E-state index is 2.42. The lowest BCUT2D eigenvalue weighted by Crippen LogP contribution is -2.10. The molecule has 0 aliphatic heterocycles. The lowest BCUT2D eigenvalue weighted by Gasteiger charge is -2.27. The lowest BCUT2D eigenvalue weighted by atomic mass is 9.97. The average molecular weight is 554 g/mol. The van der Waals surface area contributed by atoms with E-state index in [1.807, 2.05) is 11.3 Å². The fourth-order valence-corrected chi connectivity index (χ4v) is 7.27. The van der Waals surface area contributed by atoms with Gasteiger partial charge in [-0.25, -0.2) is 0 Å². The first-order valence-corrected chi connectivity index (χ1v) is 15.1. The minimum absolute atomic E-state index is 1.13. The predicted octanol–water partition coefficient (Wildman–Crippen LogP) is 12.0. The Balaban J connectivity index is 1.33. The largest absolute Gasteiger partial charge is 0.309 e. The van der Waals surface area contributed by atoms with E-state index in [-0.39, 0.29) is 0 Å². The van der Waals surface area contributed by atoms with Crippen LogP contribution in [0.2, 0.25) is 0 Å². The Labute approximate surface area is 249 Å². The van der Waals surface area contributed by atoms with E-state index in [4.69, 9.17) is 0 Å². The van der Waals surface area contributed by atoms with Crippen molar-refractivity contribution in [3.8, 4) is 22.3 Å². The maximum absolute atomic E-state index is 2.42. The normalized spacial score (nSPS) is 11.3. The zero-order valence-corrected chi connectivity index (χ0v) is 23.8. The van der Waals surface area contributed by atoms with Crippen molar-refractivity contribution in [1.29, 1.82) is 0 Å². The van der Waals surface area contributed by atoms with Crippen molar-refractivity contribution in [2.24, 2.45) is 0 Å². The minimum Gasteiger partial charge on any atom is -0.309 e. The van der Waals surface area contributed by atoms with E-state index in [1.54, 1.807) is 0 Å². The van der Waals surface area contributed by atoms with Crippen LogP contribution in [0, 0.1) is 0 Å². The highest BCUT2D eigenvalue weighted by Gasteiger charge is 2.19. The van der Waals surface area contributed by atoms with Gasteiger partial charge < -0.3 is 4.90 Å². The number of hydrogen-bond donors (Lipinski definition) is 0. The van der Waals surface area contributed by atoms with Crippen LogP contribution >= 0.6 is 11.3 Å². The molecule has 0 amide bonds. The van der Waals surface area contributed by atoms with E-state index in [2.05, 4.69) is 169 Å². The molecule has 8 rings (SSSR count). The van der Waals surface area contributed by atoms with Crippen molar-refractivity contribution < 1.29 is 0 Å². The summed E-state index contributed by atoms with van der Waals surface area (Å²) in [6.45, 7) is 0. The van der Waals surface area contributed by atoms with Crippen LogP contribution in [0.25, 0.3) is 53.2 Å². The maximum Gasteiger partial charge on any atom is 0.0640 e. The van der Waals surface area contributed by atoms with Gasteiger partial charge in [0.05, 0.1) is 10.4 Å². The summed E-state index contributed by atoms with van der Waals surface area (Å²) in [7, 11) is 0. The molecule has 0 spiro atoms. The van der Waals surface area contributed by atoms with E-state index in [0.717, 1.165) is 11.4 Å². The SMILES string of the molecule is c1ccc(-c2ccc(N(c3cccc(-c4cccc5ccccc45)c3)c3cccc4c3sc3ccccc34)cc2)cc1. The van der Waals surface area contributed by atoms with Crippen LogP contribution in [0.5, 0.6) is 0 Å². The van der Waals surface area contributed by atoms with Crippen molar-refractivity contribution in [2.75, 3.05) is 4.90 Å². The summed E-state index contributed by atoms with van der Waals surface area (Å²) in [4.78, 5) is 2.42. The summed E-state index contributed by atoms with van der Waals surface area (Å²) >= 11 is 1.87. The molecule has 0 unspecified atom stereocenters. The molecule has 198 valence electrons. The molecule has 0 radical (unpaired) electrons. The van der Waals surface area contributed by atoms with Crippen LogP contribution in [-0.4, -0.2) is 0 Å². The van der Waals surface area contributed by atoms with Gasteiger partial charge in [-0.05, 0) is 69.4 Å². The molecular formula is C40H27NS. The molecule has 0 aliphatic carbocycles. The number of anilines is 3. The Hall–Kier alpha value is -5.18. The van der Waals surface area contributed by atoms with Gasteiger partial charge in [0.1, 0.15) is 0 Å². The average Bonchev–Trinajstić information content (AvgIpc) is 3.45. The fraction of sp³-hybridized carbons (Fsp3) is 0. The second-order valence-corrected chi connectivity index (χ2v) is 11.6. The Morgan fingerprint density at radius 2 is 1.05 bits per heavy atom. The molecule has 1 aromatic heterocycles. The van der Waals surface area contributed by atoms with Gasteiger partial charge >= 0.3 is 0 Å². The summed E-state index contributed by atoms with van der Waals surface area (Å²) in [5.74, 6) is 0. The Morgan fingerprint density at radius 3 is 1.93 bits per heavy atom. The second-order valence-electron chi connectivity index (χ2n) is 10.6. The van der Waals surface area contributed by atoms with E-state index in [0.29, 0.717) is 0 Å². The highest BCUT2D eigenvalue weighted by atomic mass is 32.1. The van der Waals surface area contributed by atoms with Gasteiger partial charge in [0.25, 0.3) is 0 Å². The third-order valence-electron chi connectivity index (χ3n) is 8.06. The quantitative estimate of drug-likeness (QED) is 0.205. The number of thiophene rings is 1. The molecule has 8 aromatic rings. The van der Waals surface area contributed by atoms with Crippen molar-refractivity contribution in [2.45, 2.75) is 0 Å². The third-order valence-corrected chi connectivity index (χ3v) is 9.27. The molecule has 0 fully saturated rings. The molecule has 2 heteroatoms. The van der Waals surface area contributed by atoms with Crippen LogP contribution in [0.15, 0.2) is 164 Å². The smallest absolute Gasteiger partial charge is 0.0640 e. The third kappa shape index (κ3) is 4.25. The second kappa shape index (κ2) is 10.3. The van der Waals surface area contributed by atoms with E-state index in [1.165, 1.54) is 58.9 Å². The summed E-state index contributed by atoms with van der Waals surface area (Å²) in [6.07, 6.45) is 0. The highest BCUT2D eigenvalue weighted by Crippen LogP contribution is 2.45. The van der Waals surface area contributed by atoms with E-state index in [9.17, 15) is 0 Å². The standard InChI is InChI=1S/C40H27NS/c1-2-11-28(12-3-1)29-23-25-32(26-24-29)41(38-21-10-20-37-36-18-6-7-22-39(36)42-40(37)38)33-16-8-15-31(27-33)35-19-9-14-30-13-4-5-17-34(30)35/h1-27H. The van der Waals surface area contributed by atoms with Gasteiger partial charge in [0.2, 0.25) is 0 Å². The van der Waals surface area contributed by atoms with Crippen molar-refractivity contribution in [1.82, 2.24) is 0 Å². The first kappa shape index (κ1) is 24.6. The molecule has 1 heterocycles.